The highest BCUT2D eigenvalue weighted by atomic mass is 79.9. The number of benzene rings is 2. The molecule has 3 heteroatoms. The fourth-order valence-electron chi connectivity index (χ4n) is 2.28. The van der Waals surface area contributed by atoms with Gasteiger partial charge in [-0.05, 0) is 42.8 Å². The number of rotatable bonds is 2. The molecule has 0 unspecified atom stereocenters. The summed E-state index contributed by atoms with van der Waals surface area (Å²) in [4.78, 5) is 4.74. The number of nitrogens with zero attached hydrogens (tertiary/aromatic N) is 1. The number of aromatic nitrogens is 1. The van der Waals surface area contributed by atoms with E-state index in [1.165, 1.54) is 11.1 Å². The lowest BCUT2D eigenvalue weighted by molar-refractivity contribution is 1.21. The van der Waals surface area contributed by atoms with Gasteiger partial charge in [-0.15, -0.1) is 0 Å². The molecule has 0 aliphatic heterocycles. The van der Waals surface area contributed by atoms with Crippen molar-refractivity contribution in [3.05, 3.63) is 75.3 Å². The largest absolute Gasteiger partial charge is 0.252 e. The predicted molar refractivity (Wildman–Crippen MR) is 95.2 cm³/mol. The Morgan fingerprint density at radius 3 is 1.71 bits per heavy atom. The van der Waals surface area contributed by atoms with E-state index in [-0.39, 0.29) is 0 Å². The topological polar surface area (TPSA) is 12.9 Å². The molecule has 1 nitrogen and oxygen atoms in total. The van der Waals surface area contributed by atoms with Gasteiger partial charge in [0, 0.05) is 25.8 Å². The van der Waals surface area contributed by atoms with E-state index in [1.54, 1.807) is 0 Å². The molecule has 0 fully saturated rings. The minimum atomic E-state index is 1.00. The second-order valence-electron chi connectivity index (χ2n) is 4.84. The predicted octanol–water partition coefficient (Wildman–Crippen LogP) is 6.25. The summed E-state index contributed by atoms with van der Waals surface area (Å²) in [6.07, 6.45) is 0. The molecule has 1 aromatic heterocycles. The van der Waals surface area contributed by atoms with Crippen LogP contribution in [0.25, 0.3) is 22.4 Å². The Hall–Kier alpha value is -1.45. The van der Waals surface area contributed by atoms with Crippen molar-refractivity contribution in [1.29, 1.82) is 0 Å². The summed E-state index contributed by atoms with van der Waals surface area (Å²) in [7, 11) is 0. The molecule has 0 spiro atoms. The van der Waals surface area contributed by atoms with Gasteiger partial charge in [0.1, 0.15) is 0 Å². The minimum Gasteiger partial charge on any atom is -0.252 e. The molecule has 0 N–H and O–H groups in total. The van der Waals surface area contributed by atoms with Crippen LogP contribution >= 0.6 is 31.9 Å². The van der Waals surface area contributed by atoms with Crippen LogP contribution in [0.2, 0.25) is 0 Å². The highest BCUT2D eigenvalue weighted by Crippen LogP contribution is 2.27. The van der Waals surface area contributed by atoms with Crippen LogP contribution in [0.1, 0.15) is 5.69 Å². The van der Waals surface area contributed by atoms with Crippen LogP contribution < -0.4 is 0 Å². The zero-order chi connectivity index (χ0) is 14.8. The first kappa shape index (κ1) is 14.5. The van der Waals surface area contributed by atoms with Crippen LogP contribution in [0.5, 0.6) is 0 Å². The fraction of sp³-hybridized carbons (Fsp3) is 0.0556. The van der Waals surface area contributed by atoms with Crippen molar-refractivity contribution in [2.24, 2.45) is 0 Å². The third-order valence-corrected chi connectivity index (χ3v) is 4.44. The van der Waals surface area contributed by atoms with Gasteiger partial charge in [0.25, 0.3) is 0 Å². The Morgan fingerprint density at radius 1 is 0.667 bits per heavy atom. The minimum absolute atomic E-state index is 1.00. The van der Waals surface area contributed by atoms with Gasteiger partial charge in [0.05, 0.1) is 5.69 Å². The van der Waals surface area contributed by atoms with E-state index in [9.17, 15) is 0 Å². The fourth-order valence-corrected chi connectivity index (χ4v) is 2.81. The molecular formula is C18H13Br2N. The van der Waals surface area contributed by atoms with E-state index in [0.717, 1.165) is 25.9 Å². The van der Waals surface area contributed by atoms with E-state index in [4.69, 9.17) is 4.98 Å². The summed E-state index contributed by atoms with van der Waals surface area (Å²) < 4.78 is 2.16. The average Bonchev–Trinajstić information content (AvgIpc) is 2.49. The van der Waals surface area contributed by atoms with Gasteiger partial charge in [-0.3, -0.25) is 4.98 Å². The van der Waals surface area contributed by atoms with Gasteiger partial charge >= 0.3 is 0 Å². The Bertz CT molecular complexity index is 762. The molecule has 1 heterocycles. The van der Waals surface area contributed by atoms with E-state index < -0.39 is 0 Å². The van der Waals surface area contributed by atoms with Gasteiger partial charge in [-0.25, -0.2) is 0 Å². The number of halogens is 2. The molecule has 0 saturated carbocycles. The van der Waals surface area contributed by atoms with Crippen LogP contribution in [0.3, 0.4) is 0 Å². The molecule has 3 rings (SSSR count). The van der Waals surface area contributed by atoms with E-state index >= 15 is 0 Å². The van der Waals surface area contributed by atoms with Gasteiger partial charge in [0.2, 0.25) is 0 Å². The van der Waals surface area contributed by atoms with Gasteiger partial charge in [-0.2, -0.15) is 0 Å². The molecular weight excluding hydrogens is 390 g/mol. The molecule has 0 aliphatic rings. The van der Waals surface area contributed by atoms with Crippen LogP contribution in [0.4, 0.5) is 0 Å². The number of aryl methyl sites for hydroxylation is 1. The first-order chi connectivity index (χ1) is 10.1. The van der Waals surface area contributed by atoms with Gasteiger partial charge < -0.3 is 0 Å². The van der Waals surface area contributed by atoms with Crippen molar-refractivity contribution >= 4 is 31.9 Å². The monoisotopic (exact) mass is 401 g/mol. The van der Waals surface area contributed by atoms with Crippen molar-refractivity contribution in [3.63, 3.8) is 0 Å². The molecule has 0 atom stereocenters. The van der Waals surface area contributed by atoms with Crippen molar-refractivity contribution in [2.45, 2.75) is 6.92 Å². The van der Waals surface area contributed by atoms with Crippen LogP contribution in [-0.4, -0.2) is 4.98 Å². The Morgan fingerprint density at radius 2 is 1.19 bits per heavy atom. The average molecular weight is 403 g/mol. The molecule has 0 saturated heterocycles. The highest BCUT2D eigenvalue weighted by molar-refractivity contribution is 9.10. The van der Waals surface area contributed by atoms with Crippen molar-refractivity contribution in [2.75, 3.05) is 0 Å². The summed E-state index contributed by atoms with van der Waals surface area (Å²) in [5, 5.41) is 0. The lowest BCUT2D eigenvalue weighted by Crippen LogP contribution is -1.91. The lowest BCUT2D eigenvalue weighted by atomic mass is 10.0. The summed E-state index contributed by atoms with van der Waals surface area (Å²) >= 11 is 6.92. The van der Waals surface area contributed by atoms with E-state index in [1.807, 2.05) is 12.1 Å². The van der Waals surface area contributed by atoms with E-state index in [0.29, 0.717) is 0 Å². The third-order valence-electron chi connectivity index (χ3n) is 3.38. The molecule has 0 amide bonds. The quantitative estimate of drug-likeness (QED) is 0.493. The Balaban J connectivity index is 1.99. The third kappa shape index (κ3) is 3.25. The zero-order valence-electron chi connectivity index (χ0n) is 11.5. The first-order valence-electron chi connectivity index (χ1n) is 6.63. The summed E-state index contributed by atoms with van der Waals surface area (Å²) in [6.45, 7) is 2.06. The first-order valence-corrected chi connectivity index (χ1v) is 8.21. The highest BCUT2D eigenvalue weighted by Gasteiger charge is 2.06. The molecule has 0 aliphatic carbocycles. The van der Waals surface area contributed by atoms with Gasteiger partial charge in [0.15, 0.2) is 0 Å². The van der Waals surface area contributed by atoms with Crippen LogP contribution in [0.15, 0.2) is 69.6 Å². The maximum absolute atomic E-state index is 4.74. The maximum Gasteiger partial charge on any atom is 0.0705 e. The Kier molecular flexibility index (Phi) is 4.22. The van der Waals surface area contributed by atoms with Crippen LogP contribution in [-0.2, 0) is 0 Å². The Labute approximate surface area is 141 Å². The molecule has 3 aromatic rings. The number of hydrogen-bond acceptors (Lipinski definition) is 1. The van der Waals surface area contributed by atoms with Crippen LogP contribution in [0, 0.1) is 6.92 Å². The van der Waals surface area contributed by atoms with Crippen molar-refractivity contribution in [1.82, 2.24) is 4.98 Å². The normalized spacial score (nSPS) is 10.6. The zero-order valence-corrected chi connectivity index (χ0v) is 14.6. The standard InChI is InChI=1S/C18H13Br2N/c1-12-17(13-2-6-15(19)7-3-13)10-11-18(21-12)14-4-8-16(20)9-5-14/h2-11H,1H3. The summed E-state index contributed by atoms with van der Waals surface area (Å²) in [6, 6.07) is 20.8. The molecule has 21 heavy (non-hydrogen) atoms. The van der Waals surface area contributed by atoms with E-state index in [2.05, 4.69) is 87.3 Å². The number of hydrogen-bond donors (Lipinski definition) is 0. The molecule has 0 bridgehead atoms. The molecule has 0 radical (unpaired) electrons. The molecule has 104 valence electrons. The van der Waals surface area contributed by atoms with Gasteiger partial charge in [-0.1, -0.05) is 62.2 Å². The summed E-state index contributed by atoms with van der Waals surface area (Å²) in [5.41, 5.74) is 5.52. The number of pyridine rings is 1. The van der Waals surface area contributed by atoms with Crippen molar-refractivity contribution < 1.29 is 0 Å². The lowest BCUT2D eigenvalue weighted by Gasteiger charge is -2.08. The smallest absolute Gasteiger partial charge is 0.0705 e. The maximum atomic E-state index is 4.74. The molecule has 2 aromatic carbocycles. The SMILES string of the molecule is Cc1nc(-c2ccc(Br)cc2)ccc1-c1ccc(Br)cc1. The second kappa shape index (κ2) is 6.12. The van der Waals surface area contributed by atoms with Crippen molar-refractivity contribution in [3.8, 4) is 22.4 Å². The summed E-state index contributed by atoms with van der Waals surface area (Å²) in [5.74, 6) is 0. The second-order valence-corrected chi connectivity index (χ2v) is 6.67.